The highest BCUT2D eigenvalue weighted by atomic mass is 127. The summed E-state index contributed by atoms with van der Waals surface area (Å²) in [5, 5.41) is 6.36. The number of nitrogens with one attached hydrogen (secondary N) is 2. The van der Waals surface area contributed by atoms with Gasteiger partial charge < -0.3 is 15.4 Å². The Balaban J connectivity index is 0.00000288. The maximum absolute atomic E-state index is 6.05. The van der Waals surface area contributed by atoms with Gasteiger partial charge in [0.25, 0.3) is 0 Å². The van der Waals surface area contributed by atoms with Crippen LogP contribution in [0.3, 0.4) is 0 Å². The zero-order chi connectivity index (χ0) is 16.5. The molecule has 1 saturated heterocycles. The van der Waals surface area contributed by atoms with E-state index < -0.39 is 0 Å². The van der Waals surface area contributed by atoms with E-state index in [1.165, 1.54) is 11.1 Å². The van der Waals surface area contributed by atoms with Crippen LogP contribution in [-0.4, -0.2) is 32.2 Å². The lowest BCUT2D eigenvalue weighted by molar-refractivity contribution is -0.0250. The molecule has 1 aliphatic rings. The third-order valence-corrected chi connectivity index (χ3v) is 4.04. The number of hydrogen-bond acceptors (Lipinski definition) is 2. The van der Waals surface area contributed by atoms with Crippen molar-refractivity contribution in [2.75, 3.05) is 26.2 Å². The molecule has 132 valence electrons. The summed E-state index contributed by atoms with van der Waals surface area (Å²) in [6.07, 6.45) is 7.66. The van der Waals surface area contributed by atoms with Crippen LogP contribution in [0.5, 0.6) is 0 Å². The third kappa shape index (κ3) is 6.33. The first-order valence-corrected chi connectivity index (χ1v) is 8.38. The number of terminal acetylenes is 1. The molecule has 1 aliphatic heterocycles. The number of halogens is 1. The van der Waals surface area contributed by atoms with Crippen LogP contribution in [0, 0.1) is 25.2 Å². The SMILES string of the molecule is C#CCNC(=NCC1CCCOC1c1ccc(C)cc1)NCC.I. The van der Waals surface area contributed by atoms with Gasteiger partial charge in [-0.15, -0.1) is 30.4 Å². The van der Waals surface area contributed by atoms with E-state index >= 15 is 0 Å². The number of benzene rings is 1. The fourth-order valence-corrected chi connectivity index (χ4v) is 2.84. The van der Waals surface area contributed by atoms with E-state index in [2.05, 4.69) is 52.7 Å². The van der Waals surface area contributed by atoms with Gasteiger partial charge in [-0.2, -0.15) is 0 Å². The minimum Gasteiger partial charge on any atom is -0.373 e. The van der Waals surface area contributed by atoms with Crippen molar-refractivity contribution in [2.24, 2.45) is 10.9 Å². The molecule has 1 heterocycles. The first-order valence-electron chi connectivity index (χ1n) is 8.38. The quantitative estimate of drug-likeness (QED) is 0.319. The molecule has 2 N–H and O–H groups in total. The number of guanidine groups is 1. The van der Waals surface area contributed by atoms with Crippen LogP contribution in [0.15, 0.2) is 29.3 Å². The average molecular weight is 441 g/mol. The maximum atomic E-state index is 6.05. The Labute approximate surface area is 162 Å². The van der Waals surface area contributed by atoms with Crippen molar-refractivity contribution < 1.29 is 4.74 Å². The molecule has 5 heteroatoms. The van der Waals surface area contributed by atoms with Gasteiger partial charge in [-0.1, -0.05) is 35.7 Å². The maximum Gasteiger partial charge on any atom is 0.192 e. The van der Waals surface area contributed by atoms with Crippen LogP contribution >= 0.6 is 24.0 Å². The standard InChI is InChI=1S/C19H27N3O.HI/c1-4-12-21-19(20-5-2)22-14-17-7-6-13-23-18(17)16-10-8-15(3)9-11-16;/h1,8-11,17-18H,5-7,12-14H2,2-3H3,(H2,20,21,22);1H. The molecule has 0 aromatic heterocycles. The van der Waals surface area contributed by atoms with Crippen LogP contribution in [0.2, 0.25) is 0 Å². The topological polar surface area (TPSA) is 45.7 Å². The summed E-state index contributed by atoms with van der Waals surface area (Å²) >= 11 is 0. The van der Waals surface area contributed by atoms with Crippen molar-refractivity contribution in [3.63, 3.8) is 0 Å². The molecular formula is C19H28IN3O. The lowest BCUT2D eigenvalue weighted by atomic mass is 9.89. The second-order valence-electron chi connectivity index (χ2n) is 5.88. The van der Waals surface area contributed by atoms with Crippen molar-refractivity contribution in [1.82, 2.24) is 10.6 Å². The predicted molar refractivity (Wildman–Crippen MR) is 111 cm³/mol. The van der Waals surface area contributed by atoms with E-state index in [1.54, 1.807) is 0 Å². The van der Waals surface area contributed by atoms with Crippen LogP contribution in [0.1, 0.15) is 37.0 Å². The van der Waals surface area contributed by atoms with Crippen molar-refractivity contribution in [1.29, 1.82) is 0 Å². The van der Waals surface area contributed by atoms with Crippen molar-refractivity contribution in [3.05, 3.63) is 35.4 Å². The lowest BCUT2D eigenvalue weighted by Crippen LogP contribution is -2.38. The molecule has 2 atom stereocenters. The normalized spacial score (nSPS) is 20.6. The first kappa shape index (κ1) is 20.8. The van der Waals surface area contributed by atoms with E-state index in [4.69, 9.17) is 11.2 Å². The summed E-state index contributed by atoms with van der Waals surface area (Å²) in [5.41, 5.74) is 2.52. The first-order chi connectivity index (χ1) is 11.2. The molecule has 0 bridgehead atoms. The average Bonchev–Trinajstić information content (AvgIpc) is 2.58. The smallest absolute Gasteiger partial charge is 0.192 e. The molecule has 0 spiro atoms. The molecule has 0 radical (unpaired) electrons. The monoisotopic (exact) mass is 441 g/mol. The molecule has 4 nitrogen and oxygen atoms in total. The molecular weight excluding hydrogens is 413 g/mol. The van der Waals surface area contributed by atoms with Crippen LogP contribution in [0.25, 0.3) is 0 Å². The Morgan fingerprint density at radius 2 is 2.08 bits per heavy atom. The number of ether oxygens (including phenoxy) is 1. The number of aliphatic imine (C=N–C) groups is 1. The van der Waals surface area contributed by atoms with E-state index in [0.717, 1.165) is 38.5 Å². The predicted octanol–water partition coefficient (Wildman–Crippen LogP) is 3.27. The fraction of sp³-hybridized carbons (Fsp3) is 0.526. The second-order valence-corrected chi connectivity index (χ2v) is 5.88. The van der Waals surface area contributed by atoms with Gasteiger partial charge in [-0.25, -0.2) is 0 Å². The van der Waals surface area contributed by atoms with Gasteiger partial charge in [0.15, 0.2) is 5.96 Å². The summed E-state index contributed by atoms with van der Waals surface area (Å²) in [6, 6.07) is 8.63. The zero-order valence-electron chi connectivity index (χ0n) is 14.5. The Morgan fingerprint density at radius 1 is 1.33 bits per heavy atom. The zero-order valence-corrected chi connectivity index (χ0v) is 16.9. The van der Waals surface area contributed by atoms with Gasteiger partial charge in [0.1, 0.15) is 0 Å². The number of rotatable bonds is 5. The number of nitrogens with zero attached hydrogens (tertiary/aromatic N) is 1. The molecule has 1 aromatic carbocycles. The van der Waals surface area contributed by atoms with E-state index in [0.29, 0.717) is 12.5 Å². The Hall–Kier alpha value is -1.26. The Kier molecular flexibility index (Phi) is 9.80. The summed E-state index contributed by atoms with van der Waals surface area (Å²) in [7, 11) is 0. The van der Waals surface area contributed by atoms with Crippen molar-refractivity contribution >= 4 is 29.9 Å². The van der Waals surface area contributed by atoms with Gasteiger partial charge in [-0.3, -0.25) is 4.99 Å². The minimum absolute atomic E-state index is 0. The Bertz CT molecular complexity index is 551. The summed E-state index contributed by atoms with van der Waals surface area (Å²) in [5.74, 6) is 3.75. The van der Waals surface area contributed by atoms with Gasteiger partial charge in [-0.05, 0) is 32.3 Å². The van der Waals surface area contributed by atoms with Gasteiger partial charge in [0, 0.05) is 25.6 Å². The van der Waals surface area contributed by atoms with Gasteiger partial charge >= 0.3 is 0 Å². The second kappa shape index (κ2) is 11.3. The van der Waals surface area contributed by atoms with Crippen LogP contribution in [0.4, 0.5) is 0 Å². The molecule has 0 saturated carbocycles. The number of aryl methyl sites for hydroxylation is 1. The van der Waals surface area contributed by atoms with E-state index in [9.17, 15) is 0 Å². The van der Waals surface area contributed by atoms with Crippen molar-refractivity contribution in [2.45, 2.75) is 32.8 Å². The summed E-state index contributed by atoms with van der Waals surface area (Å²) in [4.78, 5) is 4.69. The van der Waals surface area contributed by atoms with E-state index in [-0.39, 0.29) is 30.1 Å². The molecule has 2 rings (SSSR count). The molecule has 24 heavy (non-hydrogen) atoms. The third-order valence-electron chi connectivity index (χ3n) is 4.04. The van der Waals surface area contributed by atoms with E-state index in [1.807, 2.05) is 6.92 Å². The highest BCUT2D eigenvalue weighted by molar-refractivity contribution is 14.0. The Morgan fingerprint density at radius 3 is 2.75 bits per heavy atom. The lowest BCUT2D eigenvalue weighted by Gasteiger charge is -2.31. The van der Waals surface area contributed by atoms with Crippen LogP contribution < -0.4 is 10.6 Å². The fourth-order valence-electron chi connectivity index (χ4n) is 2.84. The van der Waals surface area contributed by atoms with Gasteiger partial charge in [0.05, 0.1) is 12.6 Å². The summed E-state index contributed by atoms with van der Waals surface area (Å²) < 4.78 is 6.05. The summed E-state index contributed by atoms with van der Waals surface area (Å²) in [6.45, 7) is 7.01. The minimum atomic E-state index is 0. The highest BCUT2D eigenvalue weighted by Gasteiger charge is 2.27. The molecule has 0 aliphatic carbocycles. The number of hydrogen-bond donors (Lipinski definition) is 2. The van der Waals surface area contributed by atoms with Crippen LogP contribution in [-0.2, 0) is 4.74 Å². The van der Waals surface area contributed by atoms with Crippen molar-refractivity contribution in [3.8, 4) is 12.3 Å². The molecule has 1 aromatic rings. The largest absolute Gasteiger partial charge is 0.373 e. The molecule has 2 unspecified atom stereocenters. The molecule has 1 fully saturated rings. The molecule has 0 amide bonds. The highest BCUT2D eigenvalue weighted by Crippen LogP contribution is 2.33. The van der Waals surface area contributed by atoms with Gasteiger partial charge in [0.2, 0.25) is 0 Å².